The summed E-state index contributed by atoms with van der Waals surface area (Å²) < 4.78 is 21.3. The number of aliphatic hydroxyl groups is 2. The molecule has 1 aliphatic heterocycles. The fourth-order valence-corrected chi connectivity index (χ4v) is 4.12. The van der Waals surface area contributed by atoms with Crippen molar-refractivity contribution in [1.29, 1.82) is 5.41 Å². The summed E-state index contributed by atoms with van der Waals surface area (Å²) in [6.07, 6.45) is -0.181. The lowest BCUT2D eigenvalue weighted by Gasteiger charge is -2.17. The molecule has 168 valence electrons. The van der Waals surface area contributed by atoms with Gasteiger partial charge in [-0.15, -0.1) is 0 Å². The highest BCUT2D eigenvalue weighted by Crippen LogP contribution is 2.34. The molecule has 1 saturated heterocycles. The lowest BCUT2D eigenvalue weighted by Crippen LogP contribution is -2.88. The summed E-state index contributed by atoms with van der Waals surface area (Å²) in [6, 6.07) is 0.230. The maximum absolute atomic E-state index is 10.9. The van der Waals surface area contributed by atoms with Gasteiger partial charge in [-0.1, -0.05) is 12.8 Å². The molecule has 14 heteroatoms. The summed E-state index contributed by atoms with van der Waals surface area (Å²) in [5.74, 6) is 0.677. The van der Waals surface area contributed by atoms with Crippen LogP contribution in [0.3, 0.4) is 0 Å². The zero-order valence-electron chi connectivity index (χ0n) is 16.0. The van der Waals surface area contributed by atoms with Crippen molar-refractivity contribution in [2.75, 3.05) is 18.3 Å². The number of quaternary nitrogens is 1. The van der Waals surface area contributed by atoms with Crippen LogP contribution in [0.1, 0.15) is 31.2 Å². The zero-order valence-corrected chi connectivity index (χ0v) is 17.7. The van der Waals surface area contributed by atoms with Crippen LogP contribution in [0, 0.1) is 5.41 Å². The van der Waals surface area contributed by atoms with Gasteiger partial charge in [0.25, 0.3) is 0 Å². The van der Waals surface area contributed by atoms with Crippen molar-refractivity contribution in [2.45, 2.75) is 56.3 Å². The molecular weight excluding hydrogens is 441 g/mol. The van der Waals surface area contributed by atoms with Gasteiger partial charge in [-0.2, -0.15) is 9.97 Å². The van der Waals surface area contributed by atoms with Crippen molar-refractivity contribution in [1.82, 2.24) is 9.97 Å². The van der Waals surface area contributed by atoms with Crippen LogP contribution in [0.15, 0.2) is 0 Å². The molecule has 4 atom stereocenters. The molecular formula is C16H26ClN5O7P+. The number of nitrogens with one attached hydrogen (secondary N) is 2. The van der Waals surface area contributed by atoms with Crippen LogP contribution in [-0.2, 0) is 14.0 Å². The number of aromatic nitrogens is 2. The predicted molar refractivity (Wildman–Crippen MR) is 106 cm³/mol. The van der Waals surface area contributed by atoms with E-state index in [1.807, 2.05) is 0 Å². The Kier molecular flexibility index (Phi) is 7.77. The Morgan fingerprint density at radius 1 is 1.30 bits per heavy atom. The number of nitrogens with two attached hydrogens (primary N) is 1. The molecule has 3 rings (SSSR count). The van der Waals surface area contributed by atoms with E-state index in [2.05, 4.69) is 15.3 Å². The van der Waals surface area contributed by atoms with Gasteiger partial charge in [-0.05, 0) is 24.4 Å². The van der Waals surface area contributed by atoms with Crippen LogP contribution in [0.25, 0.3) is 0 Å². The molecule has 0 radical (unpaired) electrons. The molecule has 4 unspecified atom stereocenters. The first kappa shape index (κ1) is 23.5. The first-order valence-electron chi connectivity index (χ1n) is 9.51. The van der Waals surface area contributed by atoms with E-state index in [1.54, 1.807) is 0 Å². The zero-order chi connectivity index (χ0) is 21.9. The number of hydrogen-bond donors (Lipinski definition) is 7. The van der Waals surface area contributed by atoms with Crippen LogP contribution >= 0.6 is 19.2 Å². The molecule has 1 aromatic rings. The van der Waals surface area contributed by atoms with Gasteiger partial charge in [0.1, 0.15) is 29.9 Å². The highest BCUT2D eigenvalue weighted by atomic mass is 35.5. The van der Waals surface area contributed by atoms with Gasteiger partial charge in [0, 0.05) is 12.3 Å². The molecule has 12 nitrogen and oxygen atoms in total. The summed E-state index contributed by atoms with van der Waals surface area (Å²) in [7, 11) is -4.36. The molecule has 0 amide bonds. The minimum absolute atomic E-state index is 0.0399. The van der Waals surface area contributed by atoms with Gasteiger partial charge >= 0.3 is 7.60 Å². The molecule has 1 aliphatic carbocycles. The standard InChI is InChI=1S/C16H25ClN5O7P/c17-16-21-13(19-8-3-1-2-4-8)9(5-18)14(22-16)20-15-12(24)11(23)10(29-15)6-28-7-30(25,26)27/h5,8,10-12,15,18,23-24H,1-4,6-7H2,(H2,25,26,27)(H2,19,20,21,22)/p+1. The van der Waals surface area contributed by atoms with E-state index in [9.17, 15) is 14.8 Å². The number of aliphatic hydroxyl groups excluding tert-OH is 2. The second-order valence-electron chi connectivity index (χ2n) is 7.36. The minimum atomic E-state index is -4.36. The van der Waals surface area contributed by atoms with Crippen molar-refractivity contribution >= 4 is 37.0 Å². The topological polar surface area (TPSA) is 195 Å². The Labute approximate surface area is 177 Å². The van der Waals surface area contributed by atoms with Crippen LogP contribution in [-0.4, -0.2) is 79.7 Å². The Hall–Kier alpha value is -1.21. The molecule has 0 bridgehead atoms. The fraction of sp³-hybridized carbons (Fsp3) is 0.688. The third-order valence-electron chi connectivity index (χ3n) is 5.05. The minimum Gasteiger partial charge on any atom is -0.387 e. The number of anilines is 1. The van der Waals surface area contributed by atoms with Gasteiger partial charge in [-0.25, -0.2) is 0 Å². The van der Waals surface area contributed by atoms with Crippen molar-refractivity contribution < 1.29 is 39.4 Å². The molecule has 0 spiro atoms. The van der Waals surface area contributed by atoms with Gasteiger partial charge in [0.2, 0.25) is 17.3 Å². The summed E-state index contributed by atoms with van der Waals surface area (Å²) in [4.78, 5) is 26.0. The summed E-state index contributed by atoms with van der Waals surface area (Å²) in [6.45, 7) is -0.315. The second-order valence-corrected chi connectivity index (χ2v) is 9.29. The first-order chi connectivity index (χ1) is 14.2. The highest BCUT2D eigenvalue weighted by Gasteiger charge is 2.46. The van der Waals surface area contributed by atoms with Crippen molar-refractivity contribution in [3.05, 3.63) is 10.8 Å². The maximum Gasteiger partial charge on any atom is 0.350 e. The van der Waals surface area contributed by atoms with Crippen LogP contribution in [0.2, 0.25) is 5.28 Å². The van der Waals surface area contributed by atoms with E-state index in [0.717, 1.165) is 31.9 Å². The third kappa shape index (κ3) is 5.94. The molecule has 0 aromatic carbocycles. The number of hydrogen-bond acceptors (Lipinski definition) is 9. The van der Waals surface area contributed by atoms with E-state index >= 15 is 0 Å². The van der Waals surface area contributed by atoms with E-state index in [1.165, 1.54) is 5.32 Å². The quantitative estimate of drug-likeness (QED) is 0.138. The Bertz CT molecular complexity index is 806. The number of rotatable bonds is 9. The smallest absolute Gasteiger partial charge is 0.350 e. The molecule has 1 aromatic heterocycles. The van der Waals surface area contributed by atoms with E-state index in [-0.39, 0.29) is 23.8 Å². The highest BCUT2D eigenvalue weighted by molar-refractivity contribution is 7.51. The van der Waals surface area contributed by atoms with Crippen LogP contribution in [0.4, 0.5) is 11.6 Å². The monoisotopic (exact) mass is 466 g/mol. The Balaban J connectivity index is 1.70. The normalized spacial score (nSPS) is 27.5. The largest absolute Gasteiger partial charge is 0.387 e. The number of halogens is 1. The van der Waals surface area contributed by atoms with Crippen molar-refractivity contribution in [3.63, 3.8) is 0 Å². The average Bonchev–Trinajstić information content (AvgIpc) is 3.25. The van der Waals surface area contributed by atoms with Crippen molar-refractivity contribution in [2.24, 2.45) is 0 Å². The third-order valence-corrected chi connectivity index (χ3v) is 5.74. The van der Waals surface area contributed by atoms with E-state index in [0.29, 0.717) is 11.4 Å². The van der Waals surface area contributed by atoms with Gasteiger partial charge in [0.05, 0.1) is 6.61 Å². The Morgan fingerprint density at radius 3 is 2.63 bits per heavy atom. The van der Waals surface area contributed by atoms with E-state index in [4.69, 9.17) is 36.3 Å². The summed E-state index contributed by atoms with van der Waals surface area (Å²) >= 11 is 6.05. The maximum atomic E-state index is 10.9. The summed E-state index contributed by atoms with van der Waals surface area (Å²) in [5.41, 5.74) is 0.373. The van der Waals surface area contributed by atoms with Crippen molar-refractivity contribution in [3.8, 4) is 0 Å². The second kappa shape index (κ2) is 9.94. The van der Waals surface area contributed by atoms with Gasteiger partial charge < -0.3 is 40.2 Å². The van der Waals surface area contributed by atoms with Crippen LogP contribution < -0.4 is 10.6 Å². The summed E-state index contributed by atoms with van der Waals surface area (Å²) in [5, 5.41) is 32.9. The number of nitrogens with zero attached hydrogens (tertiary/aromatic N) is 2. The van der Waals surface area contributed by atoms with Gasteiger partial charge in [0.15, 0.2) is 6.10 Å². The lowest BCUT2D eigenvalue weighted by molar-refractivity contribution is -0.664. The molecule has 2 fully saturated rings. The molecule has 8 N–H and O–H groups in total. The SMILES string of the molecule is N=Cc1c(NC2CCCC2)nc(Cl)nc1[NH2+]C1OC(COCP(=O)(O)O)C(O)C1O. The molecule has 2 heterocycles. The predicted octanol–water partition coefficient (Wildman–Crippen LogP) is -0.724. The molecule has 2 aliphatic rings. The lowest BCUT2D eigenvalue weighted by atomic mass is 10.1. The molecule has 30 heavy (non-hydrogen) atoms. The van der Waals surface area contributed by atoms with Gasteiger partial charge in [-0.3, -0.25) is 9.88 Å². The average molecular weight is 467 g/mol. The fourth-order valence-electron chi connectivity index (χ4n) is 3.60. The first-order valence-corrected chi connectivity index (χ1v) is 11.7. The van der Waals surface area contributed by atoms with E-state index < -0.39 is 38.5 Å². The number of ether oxygens (including phenoxy) is 2. The molecule has 1 saturated carbocycles. The van der Waals surface area contributed by atoms with Crippen LogP contribution in [0.5, 0.6) is 0 Å². The Morgan fingerprint density at radius 2 is 2.00 bits per heavy atom.